The number of benzene rings is 1. The second kappa shape index (κ2) is 7.79. The summed E-state index contributed by atoms with van der Waals surface area (Å²) in [5, 5.41) is 0. The summed E-state index contributed by atoms with van der Waals surface area (Å²) in [5.41, 5.74) is -0.914. The van der Waals surface area contributed by atoms with E-state index in [1.165, 1.54) is 6.20 Å². The van der Waals surface area contributed by atoms with Gasteiger partial charge in [0.15, 0.2) is 0 Å². The van der Waals surface area contributed by atoms with Gasteiger partial charge in [0.2, 0.25) is 10.0 Å². The van der Waals surface area contributed by atoms with Crippen molar-refractivity contribution >= 4 is 15.8 Å². The predicted molar refractivity (Wildman–Crippen MR) is 90.5 cm³/mol. The average molecular weight is 402 g/mol. The number of sulfonamides is 1. The van der Waals surface area contributed by atoms with E-state index in [1.54, 1.807) is 6.07 Å². The lowest BCUT2D eigenvalue weighted by molar-refractivity contribution is -0.137. The fourth-order valence-electron chi connectivity index (χ4n) is 2.51. The maximum absolute atomic E-state index is 12.6. The van der Waals surface area contributed by atoms with E-state index in [-0.39, 0.29) is 17.3 Å². The van der Waals surface area contributed by atoms with Crippen molar-refractivity contribution in [1.82, 2.24) is 14.7 Å². The third-order valence-corrected chi connectivity index (χ3v) is 5.36. The Morgan fingerprint density at radius 1 is 1.11 bits per heavy atom. The van der Waals surface area contributed by atoms with Gasteiger partial charge in [0.05, 0.1) is 30.2 Å². The summed E-state index contributed by atoms with van der Waals surface area (Å²) in [6.07, 6.45) is -3.00. The summed E-state index contributed by atoms with van der Waals surface area (Å²) >= 11 is 0. The zero-order valence-electron chi connectivity index (χ0n) is 14.1. The Hall–Kier alpha value is -2.24. The summed E-state index contributed by atoms with van der Waals surface area (Å²) in [4.78, 5) is 10.1. The Morgan fingerprint density at radius 3 is 2.41 bits per heavy atom. The smallest absolute Gasteiger partial charge is 0.378 e. The van der Waals surface area contributed by atoms with E-state index in [2.05, 4.69) is 14.7 Å². The fourth-order valence-corrected chi connectivity index (χ4v) is 3.49. The number of hydrogen-bond donors (Lipinski definition) is 1. The largest absolute Gasteiger partial charge is 0.416 e. The normalized spacial score (nSPS) is 15.7. The molecule has 0 atom stereocenters. The number of rotatable bonds is 5. The van der Waals surface area contributed by atoms with E-state index in [0.717, 1.165) is 24.3 Å². The summed E-state index contributed by atoms with van der Waals surface area (Å²) < 4.78 is 69.9. The van der Waals surface area contributed by atoms with Crippen LogP contribution in [-0.4, -0.2) is 44.7 Å². The van der Waals surface area contributed by atoms with Gasteiger partial charge < -0.3 is 9.64 Å². The van der Waals surface area contributed by atoms with Crippen LogP contribution >= 0.6 is 0 Å². The van der Waals surface area contributed by atoms with E-state index in [4.69, 9.17) is 4.74 Å². The molecule has 0 spiro atoms. The highest BCUT2D eigenvalue weighted by Crippen LogP contribution is 2.29. The minimum Gasteiger partial charge on any atom is -0.378 e. The highest BCUT2D eigenvalue weighted by atomic mass is 32.2. The Morgan fingerprint density at radius 2 is 1.78 bits per heavy atom. The van der Waals surface area contributed by atoms with Crippen molar-refractivity contribution < 1.29 is 26.3 Å². The van der Waals surface area contributed by atoms with Gasteiger partial charge >= 0.3 is 6.18 Å². The fraction of sp³-hybridized carbons (Fsp3) is 0.375. The number of nitrogens with zero attached hydrogens (tertiary/aromatic N) is 3. The second-order valence-electron chi connectivity index (χ2n) is 5.78. The van der Waals surface area contributed by atoms with Crippen LogP contribution in [0.3, 0.4) is 0 Å². The first-order valence-electron chi connectivity index (χ1n) is 8.07. The molecule has 0 radical (unpaired) electrons. The molecule has 27 heavy (non-hydrogen) atoms. The van der Waals surface area contributed by atoms with Crippen LogP contribution in [0.25, 0.3) is 0 Å². The summed E-state index contributed by atoms with van der Waals surface area (Å²) in [5.74, 6) is 0.923. The van der Waals surface area contributed by atoms with Crippen LogP contribution in [0.2, 0.25) is 0 Å². The quantitative estimate of drug-likeness (QED) is 0.821. The molecule has 0 saturated carbocycles. The average Bonchev–Trinajstić information content (AvgIpc) is 2.67. The molecule has 3 rings (SSSR count). The lowest BCUT2D eigenvalue weighted by atomic mass is 10.2. The molecular formula is C16H17F3N4O3S. The number of alkyl halides is 3. The first kappa shape index (κ1) is 19.5. The molecule has 1 N–H and O–H groups in total. The molecule has 1 aromatic heterocycles. The lowest BCUT2D eigenvalue weighted by Crippen LogP contribution is -2.37. The van der Waals surface area contributed by atoms with E-state index in [1.807, 2.05) is 4.90 Å². The maximum atomic E-state index is 12.6. The molecular weight excluding hydrogens is 385 g/mol. The highest BCUT2D eigenvalue weighted by molar-refractivity contribution is 7.89. The van der Waals surface area contributed by atoms with Crippen LogP contribution in [-0.2, 0) is 27.5 Å². The van der Waals surface area contributed by atoms with E-state index in [9.17, 15) is 21.6 Å². The first-order chi connectivity index (χ1) is 12.8. The molecule has 11 heteroatoms. The van der Waals surface area contributed by atoms with Gasteiger partial charge in [-0.3, -0.25) is 0 Å². The van der Waals surface area contributed by atoms with Crippen molar-refractivity contribution in [2.24, 2.45) is 0 Å². The van der Waals surface area contributed by atoms with Crippen LogP contribution in [0, 0.1) is 0 Å². The van der Waals surface area contributed by atoms with Crippen LogP contribution in [0.1, 0.15) is 11.4 Å². The zero-order valence-corrected chi connectivity index (χ0v) is 14.9. The Bertz CT molecular complexity index is 883. The molecule has 1 fully saturated rings. The number of morpholine rings is 1. The van der Waals surface area contributed by atoms with Gasteiger partial charge in [-0.05, 0) is 30.3 Å². The molecule has 0 aliphatic carbocycles. The zero-order chi connectivity index (χ0) is 19.5. The number of hydrogen-bond acceptors (Lipinski definition) is 6. The van der Waals surface area contributed by atoms with Crippen LogP contribution in [0.4, 0.5) is 19.0 Å². The van der Waals surface area contributed by atoms with Gasteiger partial charge in [0.25, 0.3) is 0 Å². The van der Waals surface area contributed by atoms with Crippen LogP contribution in [0.15, 0.2) is 41.4 Å². The lowest BCUT2D eigenvalue weighted by Gasteiger charge is -2.27. The van der Waals surface area contributed by atoms with Gasteiger partial charge in [0, 0.05) is 19.3 Å². The van der Waals surface area contributed by atoms with Gasteiger partial charge in [0.1, 0.15) is 11.6 Å². The molecule has 1 aromatic carbocycles. The predicted octanol–water partition coefficient (Wildman–Crippen LogP) is 1.81. The molecule has 1 saturated heterocycles. The maximum Gasteiger partial charge on any atom is 0.416 e. The molecule has 0 bridgehead atoms. The minimum absolute atomic E-state index is 0.179. The molecule has 146 valence electrons. The molecule has 2 aromatic rings. The van der Waals surface area contributed by atoms with Crippen LogP contribution in [0.5, 0.6) is 0 Å². The second-order valence-corrected chi connectivity index (χ2v) is 7.54. The van der Waals surface area contributed by atoms with Crippen molar-refractivity contribution in [2.45, 2.75) is 17.6 Å². The molecule has 1 aliphatic heterocycles. The van der Waals surface area contributed by atoms with E-state index >= 15 is 0 Å². The molecule has 7 nitrogen and oxygen atoms in total. The van der Waals surface area contributed by atoms with Gasteiger partial charge in [-0.2, -0.15) is 13.2 Å². The minimum atomic E-state index is -4.52. The van der Waals surface area contributed by atoms with Crippen molar-refractivity contribution in [2.75, 3.05) is 31.2 Å². The van der Waals surface area contributed by atoms with Gasteiger partial charge in [-0.25, -0.2) is 23.1 Å². The SMILES string of the molecule is O=S(=O)(NCc1nccc(N2CCOCC2)n1)c1ccc(C(F)(F)F)cc1. The Balaban J connectivity index is 1.68. The Kier molecular flexibility index (Phi) is 5.63. The van der Waals surface area contributed by atoms with Crippen LogP contribution < -0.4 is 9.62 Å². The van der Waals surface area contributed by atoms with Crippen molar-refractivity contribution in [1.29, 1.82) is 0 Å². The highest BCUT2D eigenvalue weighted by Gasteiger charge is 2.30. The van der Waals surface area contributed by atoms with E-state index < -0.39 is 21.8 Å². The summed E-state index contributed by atoms with van der Waals surface area (Å²) in [7, 11) is -3.99. The third kappa shape index (κ3) is 4.93. The van der Waals surface area contributed by atoms with Crippen molar-refractivity contribution in [3.63, 3.8) is 0 Å². The topological polar surface area (TPSA) is 84.4 Å². The number of halogens is 3. The number of ether oxygens (including phenoxy) is 1. The number of anilines is 1. The monoisotopic (exact) mass is 402 g/mol. The standard InChI is InChI=1S/C16H17F3N4O3S/c17-16(18,19)12-1-3-13(4-2-12)27(24,25)21-11-14-20-6-5-15(22-14)23-7-9-26-10-8-23/h1-6,21H,7-11H2. The van der Waals surface area contributed by atoms with E-state index in [0.29, 0.717) is 32.1 Å². The van der Waals surface area contributed by atoms with Crippen molar-refractivity contribution in [3.05, 3.63) is 47.9 Å². The first-order valence-corrected chi connectivity index (χ1v) is 9.55. The summed E-state index contributed by atoms with van der Waals surface area (Å²) in [6, 6.07) is 5.00. The third-order valence-electron chi connectivity index (χ3n) is 3.94. The molecule has 1 aliphatic rings. The molecule has 0 amide bonds. The number of aromatic nitrogens is 2. The Labute approximate surface area is 154 Å². The molecule has 0 unspecified atom stereocenters. The van der Waals surface area contributed by atoms with Gasteiger partial charge in [-0.1, -0.05) is 0 Å². The number of nitrogens with one attached hydrogen (secondary N) is 1. The molecule has 2 heterocycles. The summed E-state index contributed by atoms with van der Waals surface area (Å²) in [6.45, 7) is 2.34. The van der Waals surface area contributed by atoms with Crippen molar-refractivity contribution in [3.8, 4) is 0 Å². The van der Waals surface area contributed by atoms with Gasteiger partial charge in [-0.15, -0.1) is 0 Å².